The first-order chi connectivity index (χ1) is 7.47. The Morgan fingerprint density at radius 3 is 2.62 bits per heavy atom. The summed E-state index contributed by atoms with van der Waals surface area (Å²) in [5.74, 6) is -0.398. The highest BCUT2D eigenvalue weighted by atomic mass is 35.5. The Balaban J connectivity index is 2.91. The number of aliphatic hydroxyl groups is 1. The third-order valence-corrected chi connectivity index (χ3v) is 4.23. The van der Waals surface area contributed by atoms with Crippen LogP contribution in [0.5, 0.6) is 0 Å². The van der Waals surface area contributed by atoms with Crippen LogP contribution in [0.3, 0.4) is 0 Å². The van der Waals surface area contributed by atoms with Gasteiger partial charge in [-0.2, -0.15) is 0 Å². The van der Waals surface area contributed by atoms with Gasteiger partial charge in [0.1, 0.15) is 0 Å². The van der Waals surface area contributed by atoms with Crippen molar-refractivity contribution in [1.29, 1.82) is 0 Å². The molecule has 0 heterocycles. The molecule has 6 heteroatoms. The van der Waals surface area contributed by atoms with Gasteiger partial charge in [0.25, 0.3) is 0 Å². The van der Waals surface area contributed by atoms with Gasteiger partial charge in [0.15, 0.2) is 9.84 Å². The standard InChI is InChI=1S/C10H13ClO4S/c1-15-6-8(12)7-16(13,14)10-5-3-2-4-9(10)11/h2-5,8,12H,6-7H2,1H3. The van der Waals surface area contributed by atoms with Crippen molar-refractivity contribution in [1.82, 2.24) is 0 Å². The minimum Gasteiger partial charge on any atom is -0.390 e. The van der Waals surface area contributed by atoms with E-state index < -0.39 is 21.7 Å². The van der Waals surface area contributed by atoms with Gasteiger partial charge in [-0.15, -0.1) is 0 Å². The van der Waals surface area contributed by atoms with Crippen molar-refractivity contribution in [2.45, 2.75) is 11.0 Å². The molecule has 0 aromatic heterocycles. The van der Waals surface area contributed by atoms with Crippen molar-refractivity contribution in [2.75, 3.05) is 19.5 Å². The van der Waals surface area contributed by atoms with Crippen LogP contribution in [0.15, 0.2) is 29.2 Å². The summed E-state index contributed by atoms with van der Waals surface area (Å²) >= 11 is 5.78. The number of methoxy groups -OCH3 is 1. The van der Waals surface area contributed by atoms with Crippen LogP contribution in [-0.4, -0.2) is 39.1 Å². The van der Waals surface area contributed by atoms with Gasteiger partial charge in [-0.05, 0) is 12.1 Å². The molecule has 0 saturated heterocycles. The summed E-state index contributed by atoms with van der Waals surface area (Å²) in [6, 6.07) is 6.14. The molecule has 1 rings (SSSR count). The van der Waals surface area contributed by atoms with Crippen molar-refractivity contribution in [3.63, 3.8) is 0 Å². The molecule has 0 radical (unpaired) electrons. The first-order valence-corrected chi connectivity index (χ1v) is 6.64. The highest BCUT2D eigenvalue weighted by Gasteiger charge is 2.21. The number of ether oxygens (including phenoxy) is 1. The molecule has 1 N–H and O–H groups in total. The van der Waals surface area contributed by atoms with Crippen molar-refractivity contribution >= 4 is 21.4 Å². The summed E-state index contributed by atoms with van der Waals surface area (Å²) in [4.78, 5) is 0.0341. The predicted molar refractivity (Wildman–Crippen MR) is 61.4 cm³/mol. The smallest absolute Gasteiger partial charge is 0.182 e. The summed E-state index contributed by atoms with van der Waals surface area (Å²) in [6.07, 6.45) is -1.05. The zero-order chi connectivity index (χ0) is 12.2. The molecule has 0 bridgehead atoms. The second-order valence-corrected chi connectivity index (χ2v) is 5.73. The zero-order valence-electron chi connectivity index (χ0n) is 8.76. The van der Waals surface area contributed by atoms with E-state index in [2.05, 4.69) is 4.74 Å². The third-order valence-electron chi connectivity index (χ3n) is 1.94. The molecule has 0 saturated carbocycles. The number of aliphatic hydroxyl groups excluding tert-OH is 1. The second kappa shape index (κ2) is 5.63. The highest BCUT2D eigenvalue weighted by Crippen LogP contribution is 2.22. The molecular formula is C10H13ClO4S. The molecule has 0 aliphatic carbocycles. The van der Waals surface area contributed by atoms with Crippen LogP contribution in [0.4, 0.5) is 0 Å². The lowest BCUT2D eigenvalue weighted by Gasteiger charge is -2.10. The number of rotatable bonds is 5. The van der Waals surface area contributed by atoms with Gasteiger partial charge in [-0.3, -0.25) is 0 Å². The number of hydrogen-bond acceptors (Lipinski definition) is 4. The Kier molecular flexibility index (Phi) is 4.73. The molecule has 1 aromatic carbocycles. The molecule has 0 amide bonds. The van der Waals surface area contributed by atoms with Crippen LogP contribution in [0, 0.1) is 0 Å². The van der Waals surface area contributed by atoms with Crippen LogP contribution in [0.2, 0.25) is 5.02 Å². The normalized spacial score (nSPS) is 13.7. The Labute approximate surface area is 99.7 Å². The maximum atomic E-state index is 11.8. The quantitative estimate of drug-likeness (QED) is 0.866. The Hall–Kier alpha value is -0.620. The average molecular weight is 265 g/mol. The van der Waals surface area contributed by atoms with Crippen molar-refractivity contribution in [3.8, 4) is 0 Å². The number of benzene rings is 1. The molecule has 0 aliphatic heterocycles. The fourth-order valence-corrected chi connectivity index (χ4v) is 3.20. The van der Waals surface area contributed by atoms with E-state index in [1.165, 1.54) is 19.2 Å². The molecule has 0 fully saturated rings. The lowest BCUT2D eigenvalue weighted by atomic mass is 10.4. The Bertz CT molecular complexity index is 444. The van der Waals surface area contributed by atoms with E-state index in [1.807, 2.05) is 0 Å². The molecule has 4 nitrogen and oxygen atoms in total. The van der Waals surface area contributed by atoms with Crippen LogP contribution in [0.25, 0.3) is 0 Å². The van der Waals surface area contributed by atoms with Gasteiger partial charge in [0.2, 0.25) is 0 Å². The SMILES string of the molecule is COCC(O)CS(=O)(=O)c1ccccc1Cl. The van der Waals surface area contributed by atoms with Gasteiger partial charge in [-0.1, -0.05) is 23.7 Å². The summed E-state index contributed by atoms with van der Waals surface area (Å²) in [7, 11) is -2.18. The number of halogens is 1. The van der Waals surface area contributed by atoms with Crippen LogP contribution in [0.1, 0.15) is 0 Å². The van der Waals surface area contributed by atoms with Crippen molar-refractivity contribution in [2.24, 2.45) is 0 Å². The van der Waals surface area contributed by atoms with Crippen LogP contribution < -0.4 is 0 Å². The van der Waals surface area contributed by atoms with Gasteiger partial charge < -0.3 is 9.84 Å². The van der Waals surface area contributed by atoms with E-state index in [9.17, 15) is 13.5 Å². The van der Waals surface area contributed by atoms with E-state index in [-0.39, 0.29) is 16.5 Å². The van der Waals surface area contributed by atoms with Crippen LogP contribution >= 0.6 is 11.6 Å². The Morgan fingerprint density at radius 2 is 2.06 bits per heavy atom. The minimum absolute atomic E-state index is 0.0241. The summed E-state index contributed by atoms with van der Waals surface area (Å²) in [6.45, 7) is -0.0241. The van der Waals surface area contributed by atoms with Crippen molar-refractivity contribution < 1.29 is 18.3 Å². The molecule has 1 aromatic rings. The molecule has 0 spiro atoms. The molecular weight excluding hydrogens is 252 g/mol. The molecule has 1 atom stereocenters. The van der Waals surface area contributed by atoms with Gasteiger partial charge in [0, 0.05) is 7.11 Å². The van der Waals surface area contributed by atoms with E-state index in [1.54, 1.807) is 12.1 Å². The van der Waals surface area contributed by atoms with E-state index in [0.717, 1.165) is 0 Å². The van der Waals surface area contributed by atoms with E-state index >= 15 is 0 Å². The zero-order valence-corrected chi connectivity index (χ0v) is 10.3. The van der Waals surface area contributed by atoms with Gasteiger partial charge in [-0.25, -0.2) is 8.42 Å². The largest absolute Gasteiger partial charge is 0.390 e. The summed E-state index contributed by atoms with van der Waals surface area (Å²) in [5.41, 5.74) is 0. The molecule has 16 heavy (non-hydrogen) atoms. The second-order valence-electron chi connectivity index (χ2n) is 3.32. The molecule has 90 valence electrons. The first kappa shape index (κ1) is 13.4. The maximum absolute atomic E-state index is 11.8. The minimum atomic E-state index is -3.57. The average Bonchev–Trinajstić information content (AvgIpc) is 2.17. The molecule has 0 aliphatic rings. The summed E-state index contributed by atoms with van der Waals surface area (Å²) in [5, 5.41) is 9.55. The summed E-state index contributed by atoms with van der Waals surface area (Å²) < 4.78 is 28.3. The third kappa shape index (κ3) is 3.45. The van der Waals surface area contributed by atoms with E-state index in [4.69, 9.17) is 11.6 Å². The number of hydrogen-bond donors (Lipinski definition) is 1. The maximum Gasteiger partial charge on any atom is 0.182 e. The van der Waals surface area contributed by atoms with E-state index in [0.29, 0.717) is 0 Å². The lowest BCUT2D eigenvalue weighted by Crippen LogP contribution is -2.25. The first-order valence-electron chi connectivity index (χ1n) is 4.61. The Morgan fingerprint density at radius 1 is 1.44 bits per heavy atom. The van der Waals surface area contributed by atoms with Gasteiger partial charge >= 0.3 is 0 Å². The molecule has 1 unspecified atom stereocenters. The fourth-order valence-electron chi connectivity index (χ4n) is 1.28. The monoisotopic (exact) mass is 264 g/mol. The predicted octanol–water partition coefficient (Wildman–Crippen LogP) is 1.12. The highest BCUT2D eigenvalue weighted by molar-refractivity contribution is 7.91. The fraction of sp³-hybridized carbons (Fsp3) is 0.400. The topological polar surface area (TPSA) is 63.6 Å². The number of sulfone groups is 1. The van der Waals surface area contributed by atoms with Crippen molar-refractivity contribution in [3.05, 3.63) is 29.3 Å². The lowest BCUT2D eigenvalue weighted by molar-refractivity contribution is 0.0783. The van der Waals surface area contributed by atoms with Gasteiger partial charge in [0.05, 0.1) is 28.4 Å². The van der Waals surface area contributed by atoms with Crippen LogP contribution in [-0.2, 0) is 14.6 Å².